The first-order chi connectivity index (χ1) is 9.99. The van der Waals surface area contributed by atoms with Gasteiger partial charge in [-0.2, -0.15) is 0 Å². The second-order valence-electron chi connectivity index (χ2n) is 5.45. The molecule has 5 heteroatoms. The highest BCUT2D eigenvalue weighted by Gasteiger charge is 2.34. The van der Waals surface area contributed by atoms with E-state index in [0.717, 1.165) is 18.4 Å². The lowest BCUT2D eigenvalue weighted by atomic mass is 10.0. The maximum absolute atomic E-state index is 12.4. The number of piperidine rings is 1. The summed E-state index contributed by atoms with van der Waals surface area (Å²) in [6.07, 6.45) is 1.51. The number of benzene rings is 1. The van der Waals surface area contributed by atoms with Crippen LogP contribution in [0.4, 0.5) is 0 Å². The summed E-state index contributed by atoms with van der Waals surface area (Å²) in [5.74, 6) is -0.585. The first kappa shape index (κ1) is 15.4. The molecule has 2 atom stereocenters. The van der Waals surface area contributed by atoms with Gasteiger partial charge >= 0.3 is 5.97 Å². The first-order valence-corrected chi connectivity index (χ1v) is 7.25. The molecule has 1 aliphatic rings. The minimum Gasteiger partial charge on any atom is -0.481 e. The smallest absolute Gasteiger partial charge is 0.326 e. The number of ether oxygens (including phenoxy) is 1. The molecule has 0 saturated carbocycles. The summed E-state index contributed by atoms with van der Waals surface area (Å²) in [5.41, 5.74) is 1.11. The predicted molar refractivity (Wildman–Crippen MR) is 78.3 cm³/mol. The Kier molecular flexibility index (Phi) is 4.83. The van der Waals surface area contributed by atoms with Gasteiger partial charge in [0.25, 0.3) is 5.91 Å². The summed E-state index contributed by atoms with van der Waals surface area (Å²) in [7, 11) is 0. The molecule has 1 N–H and O–H groups in total. The number of amides is 1. The zero-order valence-electron chi connectivity index (χ0n) is 12.4. The van der Waals surface area contributed by atoms with E-state index in [-0.39, 0.29) is 5.91 Å². The maximum Gasteiger partial charge on any atom is 0.326 e. The average Bonchev–Trinajstić information content (AvgIpc) is 2.48. The molecule has 0 aromatic heterocycles. The lowest BCUT2D eigenvalue weighted by Gasteiger charge is -2.34. The molecule has 5 nitrogen and oxygen atoms in total. The summed E-state index contributed by atoms with van der Waals surface area (Å²) in [4.78, 5) is 25.1. The van der Waals surface area contributed by atoms with E-state index in [1.807, 2.05) is 31.2 Å². The third kappa shape index (κ3) is 3.74. The number of carboxylic acid groups (broad SMARTS) is 1. The van der Waals surface area contributed by atoms with Gasteiger partial charge in [0.2, 0.25) is 0 Å². The number of hydrogen-bond donors (Lipinski definition) is 1. The summed E-state index contributed by atoms with van der Waals surface area (Å²) in [6.45, 7) is 4.12. The van der Waals surface area contributed by atoms with Crippen molar-refractivity contribution in [1.29, 1.82) is 0 Å². The number of aliphatic carboxylic acids is 1. The van der Waals surface area contributed by atoms with E-state index in [4.69, 9.17) is 4.74 Å². The van der Waals surface area contributed by atoms with Gasteiger partial charge in [-0.25, -0.2) is 4.79 Å². The quantitative estimate of drug-likeness (QED) is 0.923. The van der Waals surface area contributed by atoms with Crippen molar-refractivity contribution < 1.29 is 19.4 Å². The average molecular weight is 291 g/mol. The molecule has 1 saturated heterocycles. The molecule has 2 rings (SSSR count). The van der Waals surface area contributed by atoms with E-state index in [1.165, 1.54) is 4.90 Å². The number of carbonyl (C=O) groups is 2. The van der Waals surface area contributed by atoms with E-state index in [2.05, 4.69) is 0 Å². The van der Waals surface area contributed by atoms with Crippen LogP contribution in [0.2, 0.25) is 0 Å². The van der Waals surface area contributed by atoms with Gasteiger partial charge in [-0.05, 0) is 45.2 Å². The highest BCUT2D eigenvalue weighted by atomic mass is 16.5. The molecule has 0 aliphatic carbocycles. The van der Waals surface area contributed by atoms with E-state index in [9.17, 15) is 14.7 Å². The number of hydrogen-bond acceptors (Lipinski definition) is 3. The Hall–Kier alpha value is -2.04. The minimum absolute atomic E-state index is 0.261. The Labute approximate surface area is 124 Å². The van der Waals surface area contributed by atoms with Crippen LogP contribution in [0, 0.1) is 6.92 Å². The minimum atomic E-state index is -0.939. The molecule has 1 aliphatic heterocycles. The van der Waals surface area contributed by atoms with Gasteiger partial charge in [0, 0.05) is 6.54 Å². The summed E-state index contributed by atoms with van der Waals surface area (Å²) in [6, 6.07) is 6.71. The van der Waals surface area contributed by atoms with Crippen molar-refractivity contribution in [2.75, 3.05) is 6.54 Å². The molecular formula is C16H21NO4. The summed E-state index contributed by atoms with van der Waals surface area (Å²) >= 11 is 0. The van der Waals surface area contributed by atoms with Crippen molar-refractivity contribution >= 4 is 11.9 Å². The van der Waals surface area contributed by atoms with Crippen LogP contribution in [0.1, 0.15) is 31.7 Å². The molecule has 1 fully saturated rings. The summed E-state index contributed by atoms with van der Waals surface area (Å²) < 4.78 is 5.63. The fourth-order valence-electron chi connectivity index (χ4n) is 2.56. The lowest BCUT2D eigenvalue weighted by molar-refractivity contribution is -0.155. The van der Waals surface area contributed by atoms with Gasteiger partial charge in [-0.15, -0.1) is 0 Å². The van der Waals surface area contributed by atoms with Crippen LogP contribution in [0.25, 0.3) is 0 Å². The van der Waals surface area contributed by atoms with E-state index < -0.39 is 18.1 Å². The molecule has 0 spiro atoms. The number of likely N-dealkylation sites (tertiary alicyclic amines) is 1. The monoisotopic (exact) mass is 291 g/mol. The largest absolute Gasteiger partial charge is 0.481 e. The molecule has 1 amide bonds. The van der Waals surface area contributed by atoms with Crippen LogP contribution in [0.5, 0.6) is 5.75 Å². The molecule has 21 heavy (non-hydrogen) atoms. The molecule has 1 aromatic rings. The van der Waals surface area contributed by atoms with Crippen LogP contribution < -0.4 is 4.74 Å². The lowest BCUT2D eigenvalue weighted by Crippen LogP contribution is -2.52. The third-order valence-electron chi connectivity index (χ3n) is 3.75. The molecular weight excluding hydrogens is 270 g/mol. The normalized spacial score (nSPS) is 19.9. The SMILES string of the molecule is Cc1ccc(OC(C)C(=O)N2CCCCC2C(=O)O)cc1. The van der Waals surface area contributed by atoms with E-state index >= 15 is 0 Å². The van der Waals surface area contributed by atoms with Gasteiger partial charge < -0.3 is 14.7 Å². The Morgan fingerprint density at radius 1 is 1.29 bits per heavy atom. The van der Waals surface area contributed by atoms with Gasteiger partial charge in [0.15, 0.2) is 6.10 Å². The van der Waals surface area contributed by atoms with Crippen molar-refractivity contribution in [3.8, 4) is 5.75 Å². The van der Waals surface area contributed by atoms with Gasteiger partial charge in [0.05, 0.1) is 0 Å². The van der Waals surface area contributed by atoms with Gasteiger partial charge in [-0.3, -0.25) is 4.79 Å². The van der Waals surface area contributed by atoms with Crippen LogP contribution in [0.3, 0.4) is 0 Å². The van der Waals surface area contributed by atoms with E-state index in [0.29, 0.717) is 18.7 Å². The van der Waals surface area contributed by atoms with Crippen molar-refractivity contribution in [2.24, 2.45) is 0 Å². The molecule has 2 unspecified atom stereocenters. The Bertz CT molecular complexity index is 512. The molecule has 114 valence electrons. The van der Waals surface area contributed by atoms with Crippen molar-refractivity contribution in [3.63, 3.8) is 0 Å². The Morgan fingerprint density at radius 2 is 1.95 bits per heavy atom. The first-order valence-electron chi connectivity index (χ1n) is 7.25. The van der Waals surface area contributed by atoms with Crippen LogP contribution >= 0.6 is 0 Å². The van der Waals surface area contributed by atoms with E-state index in [1.54, 1.807) is 6.92 Å². The molecule has 1 heterocycles. The van der Waals surface area contributed by atoms with Crippen LogP contribution in [-0.2, 0) is 9.59 Å². The fourth-order valence-corrected chi connectivity index (χ4v) is 2.56. The number of carboxylic acids is 1. The standard InChI is InChI=1S/C16H21NO4/c1-11-6-8-13(9-7-11)21-12(2)15(18)17-10-4-3-5-14(17)16(19)20/h6-9,12,14H,3-5,10H2,1-2H3,(H,19,20). The van der Waals surface area contributed by atoms with Crippen LogP contribution in [-0.4, -0.2) is 40.6 Å². The zero-order chi connectivity index (χ0) is 15.4. The second-order valence-corrected chi connectivity index (χ2v) is 5.45. The third-order valence-corrected chi connectivity index (χ3v) is 3.75. The summed E-state index contributed by atoms with van der Waals surface area (Å²) in [5, 5.41) is 9.22. The number of rotatable bonds is 4. The number of aryl methyl sites for hydroxylation is 1. The number of nitrogens with zero attached hydrogens (tertiary/aromatic N) is 1. The molecule has 0 radical (unpaired) electrons. The van der Waals surface area contributed by atoms with Gasteiger partial charge in [-0.1, -0.05) is 17.7 Å². The predicted octanol–water partition coefficient (Wildman–Crippen LogP) is 2.23. The highest BCUT2D eigenvalue weighted by Crippen LogP contribution is 2.20. The van der Waals surface area contributed by atoms with Crippen molar-refractivity contribution in [1.82, 2.24) is 4.90 Å². The second kappa shape index (κ2) is 6.61. The molecule has 1 aromatic carbocycles. The Balaban J connectivity index is 2.03. The highest BCUT2D eigenvalue weighted by molar-refractivity contribution is 5.86. The fraction of sp³-hybridized carbons (Fsp3) is 0.500. The molecule has 0 bridgehead atoms. The maximum atomic E-state index is 12.4. The van der Waals surface area contributed by atoms with Crippen molar-refractivity contribution in [3.05, 3.63) is 29.8 Å². The zero-order valence-corrected chi connectivity index (χ0v) is 12.4. The Morgan fingerprint density at radius 3 is 2.57 bits per heavy atom. The number of carbonyl (C=O) groups excluding carboxylic acids is 1. The topological polar surface area (TPSA) is 66.8 Å². The van der Waals surface area contributed by atoms with Gasteiger partial charge in [0.1, 0.15) is 11.8 Å². The van der Waals surface area contributed by atoms with Crippen LogP contribution in [0.15, 0.2) is 24.3 Å². The van der Waals surface area contributed by atoms with Crippen molar-refractivity contribution in [2.45, 2.75) is 45.3 Å².